The molecule has 0 atom stereocenters. The number of rotatable bonds is 4. The zero-order chi connectivity index (χ0) is 19.4. The van der Waals surface area contributed by atoms with Gasteiger partial charge in [0.2, 0.25) is 0 Å². The second kappa shape index (κ2) is 7.40. The van der Waals surface area contributed by atoms with Gasteiger partial charge in [-0.05, 0) is 30.3 Å². The number of carbonyl (C=O) groups excluding carboxylic acids is 1. The quantitative estimate of drug-likeness (QED) is 0.671. The maximum absolute atomic E-state index is 13.2. The average molecular weight is 377 g/mol. The van der Waals surface area contributed by atoms with Gasteiger partial charge in [0.1, 0.15) is 11.6 Å². The first-order chi connectivity index (χ1) is 12.8. The van der Waals surface area contributed by atoms with Crippen molar-refractivity contribution in [1.29, 1.82) is 0 Å². The lowest BCUT2D eigenvalue weighted by molar-refractivity contribution is -0.138. The fourth-order valence-electron chi connectivity index (χ4n) is 2.21. The minimum atomic E-state index is -4.65. The molecule has 1 heterocycles. The Bertz CT molecular complexity index is 977. The molecule has 0 spiro atoms. The summed E-state index contributed by atoms with van der Waals surface area (Å²) < 4.78 is 57.8. The van der Waals surface area contributed by atoms with E-state index in [0.29, 0.717) is 0 Å². The molecule has 5 nitrogen and oxygen atoms in total. The van der Waals surface area contributed by atoms with E-state index < -0.39 is 35.1 Å². The molecular formula is C18H11F4N3O2. The fraction of sp³-hybridized carbons (Fsp3) is 0.0556. The van der Waals surface area contributed by atoms with Gasteiger partial charge in [-0.2, -0.15) is 13.2 Å². The zero-order valence-corrected chi connectivity index (χ0v) is 13.5. The van der Waals surface area contributed by atoms with Crippen LogP contribution in [0.4, 0.5) is 23.2 Å². The van der Waals surface area contributed by atoms with Crippen LogP contribution in [-0.2, 0) is 6.18 Å². The molecule has 1 aromatic heterocycles. The topological polar surface area (TPSA) is 64.1 Å². The van der Waals surface area contributed by atoms with Crippen molar-refractivity contribution in [2.75, 3.05) is 5.32 Å². The highest BCUT2D eigenvalue weighted by Gasteiger charge is 2.34. The Labute approximate surface area is 150 Å². The van der Waals surface area contributed by atoms with E-state index in [4.69, 9.17) is 4.74 Å². The number of nitrogens with zero attached hydrogens (tertiary/aromatic N) is 2. The summed E-state index contributed by atoms with van der Waals surface area (Å²) in [5.41, 5.74) is -1.22. The monoisotopic (exact) mass is 377 g/mol. The zero-order valence-electron chi connectivity index (χ0n) is 13.5. The molecule has 27 heavy (non-hydrogen) atoms. The molecule has 0 radical (unpaired) electrons. The third-order valence-corrected chi connectivity index (χ3v) is 3.36. The number of halogens is 4. The largest absolute Gasteiger partial charge is 0.436 e. The van der Waals surface area contributed by atoms with Crippen LogP contribution in [0.15, 0.2) is 60.9 Å². The number of nitrogens with one attached hydrogen (secondary N) is 1. The molecule has 2 aromatic carbocycles. The van der Waals surface area contributed by atoms with E-state index in [0.717, 1.165) is 18.2 Å². The first-order valence-electron chi connectivity index (χ1n) is 7.56. The highest BCUT2D eigenvalue weighted by molar-refractivity contribution is 6.04. The third-order valence-electron chi connectivity index (χ3n) is 3.36. The number of hydrogen-bond donors (Lipinski definition) is 1. The van der Waals surface area contributed by atoms with Gasteiger partial charge >= 0.3 is 6.18 Å². The number of para-hydroxylation sites is 1. The van der Waals surface area contributed by atoms with Gasteiger partial charge < -0.3 is 10.1 Å². The number of anilines is 1. The summed E-state index contributed by atoms with van der Waals surface area (Å²) in [5.74, 6) is -2.32. The summed E-state index contributed by atoms with van der Waals surface area (Å²) in [7, 11) is 0. The number of benzene rings is 2. The molecule has 3 rings (SSSR count). The highest BCUT2D eigenvalue weighted by Crippen LogP contribution is 2.37. The molecular weight excluding hydrogens is 366 g/mol. The lowest BCUT2D eigenvalue weighted by atomic mass is 10.2. The molecule has 0 unspecified atom stereocenters. The molecule has 1 amide bonds. The molecule has 0 fully saturated rings. The molecule has 9 heteroatoms. The summed E-state index contributed by atoms with van der Waals surface area (Å²) in [6, 6.07) is 9.62. The molecule has 0 saturated carbocycles. The number of hydrogen-bond acceptors (Lipinski definition) is 4. The van der Waals surface area contributed by atoms with E-state index in [9.17, 15) is 22.4 Å². The predicted octanol–water partition coefficient (Wildman–Crippen LogP) is 4.68. The SMILES string of the molecule is O=C(Nc1cccc(F)c1)c1nccnc1Oc1ccccc1C(F)(F)F. The third kappa shape index (κ3) is 4.38. The van der Waals surface area contributed by atoms with Crippen molar-refractivity contribution in [3.8, 4) is 11.6 Å². The van der Waals surface area contributed by atoms with E-state index in [1.54, 1.807) is 0 Å². The van der Waals surface area contributed by atoms with Crippen molar-refractivity contribution in [3.63, 3.8) is 0 Å². The van der Waals surface area contributed by atoms with Gasteiger partial charge in [0, 0.05) is 18.1 Å². The van der Waals surface area contributed by atoms with Gasteiger partial charge in [-0.15, -0.1) is 0 Å². The van der Waals surface area contributed by atoms with Gasteiger partial charge in [0.15, 0.2) is 5.69 Å². The Hall–Kier alpha value is -3.49. The van der Waals surface area contributed by atoms with Crippen molar-refractivity contribution in [1.82, 2.24) is 9.97 Å². The predicted molar refractivity (Wildman–Crippen MR) is 87.9 cm³/mol. The number of ether oxygens (including phenoxy) is 1. The standard InChI is InChI=1S/C18H11F4N3O2/c19-11-4-3-5-12(10-11)25-16(26)15-17(24-9-8-23-15)27-14-7-2-1-6-13(14)18(20,21)22/h1-10H,(H,25,26). The van der Waals surface area contributed by atoms with Crippen LogP contribution in [0.25, 0.3) is 0 Å². The van der Waals surface area contributed by atoms with Crippen LogP contribution in [0.3, 0.4) is 0 Å². The lowest BCUT2D eigenvalue weighted by Crippen LogP contribution is -2.16. The van der Waals surface area contributed by atoms with Crippen molar-refractivity contribution in [2.24, 2.45) is 0 Å². The van der Waals surface area contributed by atoms with Crippen molar-refractivity contribution >= 4 is 11.6 Å². The summed E-state index contributed by atoms with van der Waals surface area (Å²) in [5, 5.41) is 2.39. The maximum Gasteiger partial charge on any atom is 0.419 e. The number of amides is 1. The molecule has 3 aromatic rings. The van der Waals surface area contributed by atoms with E-state index in [1.165, 1.54) is 42.7 Å². The molecule has 0 bridgehead atoms. The summed E-state index contributed by atoms with van der Waals surface area (Å²) in [4.78, 5) is 20.0. The number of aromatic nitrogens is 2. The Balaban J connectivity index is 1.90. The minimum absolute atomic E-state index is 0.146. The molecule has 0 saturated heterocycles. The van der Waals surface area contributed by atoms with Gasteiger partial charge in [-0.25, -0.2) is 14.4 Å². The van der Waals surface area contributed by atoms with Crippen molar-refractivity contribution in [2.45, 2.75) is 6.18 Å². The summed E-state index contributed by atoms with van der Waals surface area (Å²) in [6.07, 6.45) is -2.30. The highest BCUT2D eigenvalue weighted by atomic mass is 19.4. The van der Waals surface area contributed by atoms with Crippen LogP contribution in [0.5, 0.6) is 11.6 Å². The van der Waals surface area contributed by atoms with Crippen LogP contribution in [0.2, 0.25) is 0 Å². The van der Waals surface area contributed by atoms with Crippen LogP contribution in [-0.4, -0.2) is 15.9 Å². The van der Waals surface area contributed by atoms with Gasteiger partial charge in [-0.1, -0.05) is 18.2 Å². The summed E-state index contributed by atoms with van der Waals surface area (Å²) >= 11 is 0. The number of alkyl halides is 3. The van der Waals surface area contributed by atoms with E-state index in [2.05, 4.69) is 15.3 Å². The minimum Gasteiger partial charge on any atom is -0.436 e. The van der Waals surface area contributed by atoms with Crippen LogP contribution in [0, 0.1) is 5.82 Å². The average Bonchev–Trinajstić information content (AvgIpc) is 2.62. The summed E-state index contributed by atoms with van der Waals surface area (Å²) in [6.45, 7) is 0. The normalized spacial score (nSPS) is 11.1. The molecule has 1 N–H and O–H groups in total. The van der Waals surface area contributed by atoms with E-state index in [-0.39, 0.29) is 11.4 Å². The van der Waals surface area contributed by atoms with E-state index in [1.807, 2.05) is 0 Å². The second-order valence-electron chi connectivity index (χ2n) is 5.27. The molecule has 0 aliphatic heterocycles. The van der Waals surface area contributed by atoms with Gasteiger partial charge in [-0.3, -0.25) is 4.79 Å². The fourth-order valence-corrected chi connectivity index (χ4v) is 2.21. The first kappa shape index (κ1) is 18.3. The lowest BCUT2D eigenvalue weighted by Gasteiger charge is -2.14. The van der Waals surface area contributed by atoms with E-state index >= 15 is 0 Å². The smallest absolute Gasteiger partial charge is 0.419 e. The maximum atomic E-state index is 13.2. The molecule has 138 valence electrons. The van der Waals surface area contributed by atoms with Gasteiger partial charge in [0.05, 0.1) is 5.56 Å². The Morgan fingerprint density at radius 2 is 1.74 bits per heavy atom. The second-order valence-corrected chi connectivity index (χ2v) is 5.27. The van der Waals surface area contributed by atoms with Crippen LogP contribution in [0.1, 0.15) is 16.1 Å². The van der Waals surface area contributed by atoms with Crippen LogP contribution < -0.4 is 10.1 Å². The molecule has 0 aliphatic carbocycles. The Morgan fingerprint density at radius 3 is 2.48 bits per heavy atom. The molecule has 0 aliphatic rings. The van der Waals surface area contributed by atoms with Crippen molar-refractivity contribution < 1.29 is 27.1 Å². The van der Waals surface area contributed by atoms with Gasteiger partial charge in [0.25, 0.3) is 11.8 Å². The van der Waals surface area contributed by atoms with Crippen LogP contribution >= 0.6 is 0 Å². The van der Waals surface area contributed by atoms with Crippen molar-refractivity contribution in [3.05, 3.63) is 78.0 Å². The first-order valence-corrected chi connectivity index (χ1v) is 7.56. The number of carbonyl (C=O) groups is 1. The Morgan fingerprint density at radius 1 is 1.00 bits per heavy atom. The Kier molecular flexibility index (Phi) is 5.02.